The first-order valence-electron chi connectivity index (χ1n) is 5.70. The summed E-state index contributed by atoms with van der Waals surface area (Å²) < 4.78 is 0. The third kappa shape index (κ3) is 3.88. The van der Waals surface area contributed by atoms with E-state index in [4.69, 9.17) is 5.11 Å². The maximum absolute atomic E-state index is 11.0. The van der Waals surface area contributed by atoms with Gasteiger partial charge in [-0.3, -0.25) is 10.1 Å². The molecular weight excluding hydrogens is 252 g/mol. The normalized spacial score (nSPS) is 10.2. The Kier molecular flexibility index (Phi) is 5.19. The molecule has 0 spiro atoms. The molecule has 8 heteroatoms. The van der Waals surface area contributed by atoms with Crippen molar-refractivity contribution in [1.29, 1.82) is 0 Å². The molecule has 1 aromatic heterocycles. The number of rotatable bonds is 7. The van der Waals surface area contributed by atoms with E-state index in [9.17, 15) is 14.9 Å². The largest absolute Gasteiger partial charge is 0.478 e. The third-order valence-corrected chi connectivity index (χ3v) is 2.57. The van der Waals surface area contributed by atoms with E-state index >= 15 is 0 Å². The number of hydrogen-bond donors (Lipinski definition) is 2. The van der Waals surface area contributed by atoms with Gasteiger partial charge in [-0.25, -0.2) is 9.78 Å². The van der Waals surface area contributed by atoms with Crippen LogP contribution in [0.15, 0.2) is 12.3 Å². The van der Waals surface area contributed by atoms with Crippen molar-refractivity contribution in [3.05, 3.63) is 27.9 Å². The van der Waals surface area contributed by atoms with Gasteiger partial charge in [0, 0.05) is 25.9 Å². The molecule has 0 aromatic carbocycles. The van der Waals surface area contributed by atoms with Crippen LogP contribution in [0.25, 0.3) is 0 Å². The highest BCUT2D eigenvalue weighted by Gasteiger charge is 2.21. The number of nitrogens with zero attached hydrogens (tertiary/aromatic N) is 3. The molecule has 0 radical (unpaired) electrons. The minimum atomic E-state index is -1.24. The van der Waals surface area contributed by atoms with Crippen LogP contribution in [0.4, 0.5) is 11.5 Å². The van der Waals surface area contributed by atoms with Crippen molar-refractivity contribution in [3.8, 4) is 0 Å². The molecule has 0 aliphatic rings. The second kappa shape index (κ2) is 6.64. The van der Waals surface area contributed by atoms with Gasteiger partial charge in [0.25, 0.3) is 0 Å². The minimum absolute atomic E-state index is 0.172. The Labute approximate surface area is 110 Å². The van der Waals surface area contributed by atoms with E-state index < -0.39 is 10.9 Å². The lowest BCUT2D eigenvalue weighted by atomic mass is 10.2. The number of carbonyl (C=O) groups is 1. The van der Waals surface area contributed by atoms with Gasteiger partial charge in [-0.1, -0.05) is 0 Å². The van der Waals surface area contributed by atoms with Crippen LogP contribution < -0.4 is 10.2 Å². The van der Waals surface area contributed by atoms with Gasteiger partial charge in [-0.05, 0) is 20.0 Å². The van der Waals surface area contributed by atoms with Crippen LogP contribution in [-0.2, 0) is 0 Å². The van der Waals surface area contributed by atoms with Crippen molar-refractivity contribution >= 4 is 17.5 Å². The molecule has 0 fully saturated rings. The molecule has 1 aromatic rings. The monoisotopic (exact) mass is 268 g/mol. The first-order chi connectivity index (χ1) is 8.97. The second-order valence-corrected chi connectivity index (χ2v) is 4.01. The van der Waals surface area contributed by atoms with E-state index in [0.717, 1.165) is 25.2 Å². The zero-order valence-electron chi connectivity index (χ0n) is 10.8. The number of carboxylic acid groups (broad SMARTS) is 1. The van der Waals surface area contributed by atoms with E-state index in [-0.39, 0.29) is 17.1 Å². The lowest BCUT2D eigenvalue weighted by Crippen LogP contribution is -2.24. The maximum Gasteiger partial charge on any atom is 0.337 e. The smallest absolute Gasteiger partial charge is 0.337 e. The Balaban J connectivity index is 2.99. The van der Waals surface area contributed by atoms with E-state index in [1.54, 1.807) is 11.9 Å². The van der Waals surface area contributed by atoms with Crippen LogP contribution in [0.3, 0.4) is 0 Å². The molecule has 1 rings (SSSR count). The fourth-order valence-corrected chi connectivity index (χ4v) is 1.59. The second-order valence-electron chi connectivity index (χ2n) is 4.01. The molecule has 19 heavy (non-hydrogen) atoms. The zero-order valence-corrected chi connectivity index (χ0v) is 10.8. The van der Waals surface area contributed by atoms with Crippen LogP contribution in [0.2, 0.25) is 0 Å². The lowest BCUT2D eigenvalue weighted by Gasteiger charge is -2.17. The quantitative estimate of drug-likeness (QED) is 0.426. The summed E-state index contributed by atoms with van der Waals surface area (Å²) in [5.41, 5.74) is -0.495. The van der Waals surface area contributed by atoms with E-state index in [0.29, 0.717) is 6.54 Å². The molecule has 1 heterocycles. The summed E-state index contributed by atoms with van der Waals surface area (Å²) >= 11 is 0. The average molecular weight is 268 g/mol. The van der Waals surface area contributed by atoms with Gasteiger partial charge in [-0.15, -0.1) is 0 Å². The van der Waals surface area contributed by atoms with E-state index in [1.807, 2.05) is 7.05 Å². The minimum Gasteiger partial charge on any atom is -0.478 e. The Morgan fingerprint density at radius 1 is 1.63 bits per heavy atom. The zero-order chi connectivity index (χ0) is 14.4. The maximum atomic E-state index is 11.0. The molecule has 0 saturated heterocycles. The molecule has 0 aliphatic carbocycles. The van der Waals surface area contributed by atoms with Crippen LogP contribution in [0.5, 0.6) is 0 Å². The molecule has 8 nitrogen and oxygen atoms in total. The summed E-state index contributed by atoms with van der Waals surface area (Å²) in [4.78, 5) is 26.6. The first kappa shape index (κ1) is 14.8. The van der Waals surface area contributed by atoms with Gasteiger partial charge in [0.2, 0.25) is 5.82 Å². The highest BCUT2D eigenvalue weighted by Crippen LogP contribution is 2.25. The predicted molar refractivity (Wildman–Crippen MR) is 69.7 cm³/mol. The summed E-state index contributed by atoms with van der Waals surface area (Å²) in [6.07, 6.45) is 1.92. The Morgan fingerprint density at radius 2 is 2.32 bits per heavy atom. The molecule has 0 saturated carbocycles. The Morgan fingerprint density at radius 3 is 2.84 bits per heavy atom. The molecule has 0 atom stereocenters. The summed E-state index contributed by atoms with van der Waals surface area (Å²) in [5, 5.41) is 22.8. The van der Waals surface area contributed by atoms with Crippen LogP contribution >= 0.6 is 0 Å². The fourth-order valence-electron chi connectivity index (χ4n) is 1.59. The van der Waals surface area contributed by atoms with Crippen LogP contribution in [0.1, 0.15) is 16.8 Å². The number of aromatic carboxylic acids is 1. The number of nitro groups is 1. The highest BCUT2D eigenvalue weighted by atomic mass is 16.6. The molecule has 0 aliphatic heterocycles. The number of anilines is 1. The van der Waals surface area contributed by atoms with E-state index in [2.05, 4.69) is 10.3 Å². The summed E-state index contributed by atoms with van der Waals surface area (Å²) in [6, 6.07) is 1.03. The molecule has 0 amide bonds. The van der Waals surface area contributed by atoms with Gasteiger partial charge in [-0.2, -0.15) is 0 Å². The predicted octanol–water partition coefficient (Wildman–Crippen LogP) is 0.734. The van der Waals surface area contributed by atoms with Crippen molar-refractivity contribution in [2.24, 2.45) is 0 Å². The van der Waals surface area contributed by atoms with Crippen molar-refractivity contribution in [2.75, 3.05) is 32.1 Å². The number of pyridine rings is 1. The van der Waals surface area contributed by atoms with Crippen molar-refractivity contribution in [1.82, 2.24) is 10.3 Å². The van der Waals surface area contributed by atoms with Crippen molar-refractivity contribution in [3.63, 3.8) is 0 Å². The molecule has 104 valence electrons. The summed E-state index contributed by atoms with van der Waals surface area (Å²) in [5.74, 6) is -1.06. The third-order valence-electron chi connectivity index (χ3n) is 2.57. The topological polar surface area (TPSA) is 109 Å². The summed E-state index contributed by atoms with van der Waals surface area (Å²) in [6.45, 7) is 1.37. The van der Waals surface area contributed by atoms with Crippen molar-refractivity contribution < 1.29 is 14.8 Å². The Hall–Kier alpha value is -2.22. The SMILES string of the molecule is CNCCCN(C)c1ncc(C(=O)O)cc1[N+](=O)[O-]. The first-order valence-corrected chi connectivity index (χ1v) is 5.70. The van der Waals surface area contributed by atoms with Crippen LogP contribution in [0, 0.1) is 10.1 Å². The van der Waals surface area contributed by atoms with Gasteiger partial charge in [0.1, 0.15) is 0 Å². The van der Waals surface area contributed by atoms with E-state index in [1.165, 1.54) is 0 Å². The number of carboxylic acids is 1. The van der Waals surface area contributed by atoms with Gasteiger partial charge in [0.15, 0.2) is 0 Å². The molecular formula is C11H16N4O4. The molecule has 0 unspecified atom stereocenters. The standard InChI is InChI=1S/C11H16N4O4/c1-12-4-3-5-14(2)10-9(15(18)19)6-8(7-13-10)11(16)17/h6-7,12H,3-5H2,1-2H3,(H,16,17). The number of aromatic nitrogens is 1. The van der Waals surface area contributed by atoms with Gasteiger partial charge in [0.05, 0.1) is 10.5 Å². The Bertz CT molecular complexity index is 478. The summed E-state index contributed by atoms with van der Waals surface area (Å²) in [7, 11) is 3.51. The molecule has 2 N–H and O–H groups in total. The number of hydrogen-bond acceptors (Lipinski definition) is 6. The lowest BCUT2D eigenvalue weighted by molar-refractivity contribution is -0.384. The van der Waals surface area contributed by atoms with Crippen molar-refractivity contribution in [2.45, 2.75) is 6.42 Å². The van der Waals surface area contributed by atoms with Gasteiger partial charge >= 0.3 is 11.7 Å². The fraction of sp³-hybridized carbons (Fsp3) is 0.455. The van der Waals surface area contributed by atoms with Crippen LogP contribution in [-0.4, -0.2) is 48.2 Å². The highest BCUT2D eigenvalue weighted by molar-refractivity contribution is 5.88. The van der Waals surface area contributed by atoms with Gasteiger partial charge < -0.3 is 15.3 Å². The average Bonchev–Trinajstić information content (AvgIpc) is 2.38. The number of nitrogens with one attached hydrogen (secondary N) is 1. The molecule has 0 bridgehead atoms.